The van der Waals surface area contributed by atoms with Gasteiger partial charge in [-0.05, 0) is 30.9 Å². The molecule has 0 aromatic heterocycles. The first-order valence-electron chi connectivity index (χ1n) is 5.98. The van der Waals surface area contributed by atoms with E-state index in [9.17, 15) is 17.6 Å². The Balaban J connectivity index is 2.23. The molecule has 2 N–H and O–H groups in total. The van der Waals surface area contributed by atoms with E-state index in [-0.39, 0.29) is 12.0 Å². The Morgan fingerprint density at radius 3 is 2.39 bits per heavy atom. The van der Waals surface area contributed by atoms with Crippen molar-refractivity contribution in [2.24, 2.45) is 11.7 Å². The van der Waals surface area contributed by atoms with E-state index >= 15 is 0 Å². The van der Waals surface area contributed by atoms with Crippen LogP contribution in [0.2, 0.25) is 0 Å². The molecule has 0 saturated heterocycles. The van der Waals surface area contributed by atoms with Crippen LogP contribution in [0.5, 0.6) is 0 Å². The maximum Gasteiger partial charge on any atom is 0.248 e. The number of rotatable bonds is 2. The second kappa shape index (κ2) is 4.88. The smallest absolute Gasteiger partial charge is 0.248 e. The molecule has 1 aromatic carbocycles. The van der Waals surface area contributed by atoms with Crippen molar-refractivity contribution in [1.29, 1.82) is 0 Å². The first kappa shape index (κ1) is 13.3. The fraction of sp³-hybridized carbons (Fsp3) is 0.538. The van der Waals surface area contributed by atoms with E-state index in [1.807, 2.05) is 0 Å². The van der Waals surface area contributed by atoms with Gasteiger partial charge in [0.15, 0.2) is 0 Å². The quantitative estimate of drug-likeness (QED) is 0.805. The molecule has 2 unspecified atom stereocenters. The topological polar surface area (TPSA) is 26.0 Å². The van der Waals surface area contributed by atoms with Crippen LogP contribution in [0.1, 0.15) is 37.3 Å². The first-order valence-corrected chi connectivity index (χ1v) is 5.98. The maximum atomic E-state index is 13.5. The zero-order valence-electron chi connectivity index (χ0n) is 9.80. The molecule has 1 nitrogen and oxygen atoms in total. The van der Waals surface area contributed by atoms with Crippen LogP contribution in [0.4, 0.5) is 17.6 Å². The maximum absolute atomic E-state index is 13.5. The molecule has 100 valence electrons. The second-order valence-corrected chi connectivity index (χ2v) is 4.87. The summed E-state index contributed by atoms with van der Waals surface area (Å²) in [7, 11) is 0. The highest BCUT2D eigenvalue weighted by atomic mass is 19.3. The summed E-state index contributed by atoms with van der Waals surface area (Å²) in [6.07, 6.45) is 0.240. The standard InChI is InChI=1S/C13H15F4N/c14-9-4-1-5-10(15)11(9)12(18)8-3-2-6-13(16,17)7-8/h1,4-5,8,12H,2-3,6-7,18H2. The predicted octanol–water partition coefficient (Wildman–Crippen LogP) is 3.79. The van der Waals surface area contributed by atoms with Crippen LogP contribution in [-0.2, 0) is 0 Å². The van der Waals surface area contributed by atoms with E-state index in [1.54, 1.807) is 0 Å². The molecule has 0 spiro atoms. The molecule has 2 rings (SSSR count). The summed E-state index contributed by atoms with van der Waals surface area (Å²) >= 11 is 0. The monoisotopic (exact) mass is 261 g/mol. The summed E-state index contributed by atoms with van der Waals surface area (Å²) in [6, 6.07) is 2.41. The number of halogens is 4. The zero-order valence-corrected chi connectivity index (χ0v) is 9.80. The Hall–Kier alpha value is -1.10. The Morgan fingerprint density at radius 2 is 1.83 bits per heavy atom. The van der Waals surface area contributed by atoms with Crippen molar-refractivity contribution >= 4 is 0 Å². The molecule has 1 aliphatic rings. The van der Waals surface area contributed by atoms with E-state index in [0.29, 0.717) is 12.8 Å². The van der Waals surface area contributed by atoms with Gasteiger partial charge in [0.05, 0.1) is 0 Å². The highest BCUT2D eigenvalue weighted by molar-refractivity contribution is 5.24. The van der Waals surface area contributed by atoms with E-state index < -0.39 is 35.9 Å². The molecule has 1 fully saturated rings. The van der Waals surface area contributed by atoms with Crippen LogP contribution < -0.4 is 5.73 Å². The summed E-state index contributed by atoms with van der Waals surface area (Å²) in [5.74, 6) is -4.89. The van der Waals surface area contributed by atoms with Crippen LogP contribution in [0.15, 0.2) is 18.2 Å². The van der Waals surface area contributed by atoms with Crippen molar-refractivity contribution < 1.29 is 17.6 Å². The van der Waals surface area contributed by atoms with E-state index in [4.69, 9.17) is 5.73 Å². The minimum absolute atomic E-state index is 0.171. The largest absolute Gasteiger partial charge is 0.324 e. The van der Waals surface area contributed by atoms with Gasteiger partial charge in [0.1, 0.15) is 11.6 Å². The Bertz CT molecular complexity index is 413. The van der Waals surface area contributed by atoms with Crippen molar-refractivity contribution in [1.82, 2.24) is 0 Å². The van der Waals surface area contributed by atoms with Gasteiger partial charge in [-0.2, -0.15) is 0 Å². The molecule has 0 heterocycles. The van der Waals surface area contributed by atoms with Gasteiger partial charge in [0, 0.05) is 24.4 Å². The van der Waals surface area contributed by atoms with Gasteiger partial charge in [0.2, 0.25) is 5.92 Å². The lowest BCUT2D eigenvalue weighted by molar-refractivity contribution is -0.0566. The van der Waals surface area contributed by atoms with Gasteiger partial charge >= 0.3 is 0 Å². The second-order valence-electron chi connectivity index (χ2n) is 4.87. The Kier molecular flexibility index (Phi) is 3.61. The molecular formula is C13H15F4N. The average molecular weight is 261 g/mol. The van der Waals surface area contributed by atoms with E-state index in [0.717, 1.165) is 12.1 Å². The molecule has 0 aliphatic heterocycles. The number of alkyl halides is 2. The molecule has 5 heteroatoms. The summed E-state index contributed by atoms with van der Waals surface area (Å²) in [5, 5.41) is 0. The molecule has 0 amide bonds. The minimum Gasteiger partial charge on any atom is -0.324 e. The SMILES string of the molecule is NC(c1c(F)cccc1F)C1CCCC(F)(F)C1. The first-order chi connectivity index (χ1) is 8.41. The number of hydrogen-bond acceptors (Lipinski definition) is 1. The third-order valence-corrected chi connectivity index (χ3v) is 3.52. The summed E-state index contributed by atoms with van der Waals surface area (Å²) in [5.41, 5.74) is 5.50. The van der Waals surface area contributed by atoms with Crippen molar-refractivity contribution in [2.45, 2.75) is 37.6 Å². The summed E-state index contributed by atoms with van der Waals surface area (Å²) < 4.78 is 53.7. The van der Waals surface area contributed by atoms with Gasteiger partial charge in [-0.25, -0.2) is 17.6 Å². The molecule has 1 aromatic rings. The lowest BCUT2D eigenvalue weighted by Gasteiger charge is -2.33. The molecule has 0 radical (unpaired) electrons. The van der Waals surface area contributed by atoms with E-state index in [1.165, 1.54) is 6.07 Å². The predicted molar refractivity (Wildman–Crippen MR) is 60.2 cm³/mol. The fourth-order valence-electron chi connectivity index (χ4n) is 2.58. The highest BCUT2D eigenvalue weighted by Crippen LogP contribution is 2.42. The van der Waals surface area contributed by atoms with Crippen LogP contribution in [-0.4, -0.2) is 5.92 Å². The lowest BCUT2D eigenvalue weighted by Crippen LogP contribution is -2.33. The fourth-order valence-corrected chi connectivity index (χ4v) is 2.58. The van der Waals surface area contributed by atoms with Crippen molar-refractivity contribution in [3.8, 4) is 0 Å². The van der Waals surface area contributed by atoms with Crippen molar-refractivity contribution in [2.75, 3.05) is 0 Å². The number of nitrogens with two attached hydrogens (primary N) is 1. The Labute approximate surface area is 103 Å². The molecule has 1 aliphatic carbocycles. The van der Waals surface area contributed by atoms with Gasteiger partial charge in [0.25, 0.3) is 0 Å². The third kappa shape index (κ3) is 2.66. The Morgan fingerprint density at radius 1 is 1.22 bits per heavy atom. The number of benzene rings is 1. The third-order valence-electron chi connectivity index (χ3n) is 3.52. The molecule has 2 atom stereocenters. The molecule has 1 saturated carbocycles. The minimum atomic E-state index is -2.78. The summed E-state index contributed by atoms with van der Waals surface area (Å²) in [4.78, 5) is 0. The van der Waals surface area contributed by atoms with Crippen molar-refractivity contribution in [3.63, 3.8) is 0 Å². The van der Waals surface area contributed by atoms with Crippen LogP contribution in [0.25, 0.3) is 0 Å². The van der Waals surface area contributed by atoms with Gasteiger partial charge in [-0.15, -0.1) is 0 Å². The normalized spacial score (nSPS) is 24.8. The highest BCUT2D eigenvalue weighted by Gasteiger charge is 2.39. The van der Waals surface area contributed by atoms with Crippen LogP contribution in [0, 0.1) is 17.6 Å². The van der Waals surface area contributed by atoms with Crippen LogP contribution >= 0.6 is 0 Å². The lowest BCUT2D eigenvalue weighted by atomic mass is 9.79. The number of hydrogen-bond donors (Lipinski definition) is 1. The average Bonchev–Trinajstić information content (AvgIpc) is 2.27. The van der Waals surface area contributed by atoms with Gasteiger partial charge < -0.3 is 5.73 Å². The summed E-state index contributed by atoms with van der Waals surface area (Å²) in [6.45, 7) is 0. The van der Waals surface area contributed by atoms with Gasteiger partial charge in [-0.1, -0.05) is 6.07 Å². The molecular weight excluding hydrogens is 246 g/mol. The van der Waals surface area contributed by atoms with Crippen LogP contribution in [0.3, 0.4) is 0 Å². The molecule has 0 bridgehead atoms. The van der Waals surface area contributed by atoms with E-state index in [2.05, 4.69) is 0 Å². The van der Waals surface area contributed by atoms with Crippen molar-refractivity contribution in [3.05, 3.63) is 35.4 Å². The molecule has 18 heavy (non-hydrogen) atoms. The van der Waals surface area contributed by atoms with Gasteiger partial charge in [-0.3, -0.25) is 0 Å². The zero-order chi connectivity index (χ0) is 13.3.